The SMILES string of the molecule is C#CCOc1cc(-n2c(=O)cc(C(F)(F)F)[nH]c2=O)c(F)cc1Cl. The first kappa shape index (κ1) is 17.6. The van der Waals surface area contributed by atoms with Gasteiger partial charge in [-0.15, -0.1) is 6.42 Å². The molecule has 0 radical (unpaired) electrons. The minimum Gasteiger partial charge on any atom is -0.479 e. The molecule has 1 aromatic heterocycles. The first-order chi connectivity index (χ1) is 11.1. The molecule has 0 unspecified atom stereocenters. The van der Waals surface area contributed by atoms with Gasteiger partial charge >= 0.3 is 11.9 Å². The van der Waals surface area contributed by atoms with E-state index in [2.05, 4.69) is 5.92 Å². The van der Waals surface area contributed by atoms with Crippen molar-refractivity contribution >= 4 is 11.6 Å². The highest BCUT2D eigenvalue weighted by atomic mass is 35.5. The predicted octanol–water partition coefficient (Wildman–Crippen LogP) is 2.35. The average molecular weight is 363 g/mol. The summed E-state index contributed by atoms with van der Waals surface area (Å²) >= 11 is 5.73. The molecule has 10 heteroatoms. The van der Waals surface area contributed by atoms with Crippen molar-refractivity contribution in [2.24, 2.45) is 0 Å². The lowest BCUT2D eigenvalue weighted by molar-refractivity contribution is -0.141. The number of hydrogen-bond donors (Lipinski definition) is 1. The van der Waals surface area contributed by atoms with Gasteiger partial charge in [-0.2, -0.15) is 13.2 Å². The van der Waals surface area contributed by atoms with Crippen LogP contribution in [0.4, 0.5) is 17.6 Å². The number of nitrogens with zero attached hydrogens (tertiary/aromatic N) is 1. The highest BCUT2D eigenvalue weighted by Gasteiger charge is 2.33. The number of aromatic amines is 1. The molecule has 2 aromatic rings. The molecule has 2 rings (SSSR count). The molecule has 0 aliphatic rings. The maximum absolute atomic E-state index is 14.0. The Morgan fingerprint density at radius 3 is 2.50 bits per heavy atom. The van der Waals surface area contributed by atoms with Gasteiger partial charge in [0.05, 0.1) is 10.7 Å². The molecule has 5 nitrogen and oxygen atoms in total. The van der Waals surface area contributed by atoms with Crippen LogP contribution in [-0.4, -0.2) is 16.2 Å². The van der Waals surface area contributed by atoms with E-state index in [0.29, 0.717) is 0 Å². The van der Waals surface area contributed by atoms with E-state index in [1.807, 2.05) is 0 Å². The molecule has 0 saturated carbocycles. The van der Waals surface area contributed by atoms with E-state index in [9.17, 15) is 27.2 Å². The van der Waals surface area contributed by atoms with Crippen LogP contribution in [-0.2, 0) is 6.18 Å². The number of terminal acetylenes is 1. The minimum atomic E-state index is -4.93. The summed E-state index contributed by atoms with van der Waals surface area (Å²) in [4.78, 5) is 25.1. The van der Waals surface area contributed by atoms with Crippen molar-refractivity contribution in [3.63, 3.8) is 0 Å². The van der Waals surface area contributed by atoms with Crippen molar-refractivity contribution in [1.29, 1.82) is 0 Å². The molecule has 0 amide bonds. The molecule has 0 spiro atoms. The van der Waals surface area contributed by atoms with Gasteiger partial charge in [-0.05, 0) is 6.07 Å². The lowest BCUT2D eigenvalue weighted by Gasteiger charge is -2.12. The van der Waals surface area contributed by atoms with Crippen LogP contribution in [0.25, 0.3) is 5.69 Å². The molecular weight excluding hydrogens is 356 g/mol. The minimum absolute atomic E-state index is 0.136. The molecule has 1 aromatic carbocycles. The van der Waals surface area contributed by atoms with Gasteiger partial charge in [0.15, 0.2) is 0 Å². The van der Waals surface area contributed by atoms with Crippen molar-refractivity contribution in [1.82, 2.24) is 9.55 Å². The van der Waals surface area contributed by atoms with Crippen LogP contribution >= 0.6 is 11.6 Å². The van der Waals surface area contributed by atoms with Crippen molar-refractivity contribution < 1.29 is 22.3 Å². The Morgan fingerprint density at radius 2 is 1.96 bits per heavy atom. The van der Waals surface area contributed by atoms with E-state index in [1.54, 1.807) is 0 Å². The molecule has 0 aliphatic carbocycles. The smallest absolute Gasteiger partial charge is 0.431 e. The molecular formula is C14H7ClF4N2O3. The average Bonchev–Trinajstić information content (AvgIpc) is 2.46. The summed E-state index contributed by atoms with van der Waals surface area (Å²) in [6, 6.07) is 1.77. The normalized spacial score (nSPS) is 11.2. The fourth-order valence-corrected chi connectivity index (χ4v) is 2.00. The van der Waals surface area contributed by atoms with Crippen molar-refractivity contribution in [2.75, 3.05) is 6.61 Å². The zero-order chi connectivity index (χ0) is 18.1. The Labute approximate surface area is 136 Å². The molecule has 0 saturated heterocycles. The Balaban J connectivity index is 2.67. The third-order valence-corrected chi connectivity index (χ3v) is 3.09. The van der Waals surface area contributed by atoms with Crippen molar-refractivity contribution in [2.45, 2.75) is 6.18 Å². The van der Waals surface area contributed by atoms with Crippen LogP contribution in [0, 0.1) is 18.2 Å². The standard InChI is InChI=1S/C14H7ClF4N2O3/c1-2-3-24-10-5-9(8(16)4-7(10)15)21-12(22)6-11(14(17,18)19)20-13(21)23/h1,4-6H,3H2,(H,20,23). The largest absolute Gasteiger partial charge is 0.479 e. The number of halogens is 5. The summed E-state index contributed by atoms with van der Waals surface area (Å²) in [5.41, 5.74) is -5.03. The fourth-order valence-electron chi connectivity index (χ4n) is 1.80. The Morgan fingerprint density at radius 1 is 1.29 bits per heavy atom. The Kier molecular flexibility index (Phi) is 4.71. The van der Waals surface area contributed by atoms with Crippen LogP contribution in [0.3, 0.4) is 0 Å². The van der Waals surface area contributed by atoms with Gasteiger partial charge in [-0.1, -0.05) is 17.5 Å². The second-order valence-electron chi connectivity index (χ2n) is 4.39. The van der Waals surface area contributed by atoms with Gasteiger partial charge in [-0.25, -0.2) is 13.8 Å². The topological polar surface area (TPSA) is 64.1 Å². The van der Waals surface area contributed by atoms with Gasteiger partial charge in [-0.3, -0.25) is 4.79 Å². The molecule has 126 valence electrons. The first-order valence-electron chi connectivity index (χ1n) is 6.14. The molecule has 0 aliphatic heterocycles. The van der Waals surface area contributed by atoms with Crippen molar-refractivity contribution in [3.8, 4) is 23.8 Å². The van der Waals surface area contributed by atoms with Crippen LogP contribution in [0.15, 0.2) is 27.8 Å². The number of alkyl halides is 3. The summed E-state index contributed by atoms with van der Waals surface area (Å²) in [7, 11) is 0. The van der Waals surface area contributed by atoms with Crippen LogP contribution < -0.4 is 16.0 Å². The molecule has 1 heterocycles. The Hall–Kier alpha value is -2.73. The van der Waals surface area contributed by atoms with E-state index in [-0.39, 0.29) is 28.0 Å². The molecule has 0 fully saturated rings. The van der Waals surface area contributed by atoms with Gasteiger partial charge in [0.1, 0.15) is 23.9 Å². The number of hydrogen-bond acceptors (Lipinski definition) is 3. The van der Waals surface area contributed by atoms with Crippen LogP contribution in [0.5, 0.6) is 5.75 Å². The van der Waals surface area contributed by atoms with Gasteiger partial charge in [0.25, 0.3) is 5.56 Å². The molecule has 24 heavy (non-hydrogen) atoms. The summed E-state index contributed by atoms with van der Waals surface area (Å²) in [6.45, 7) is -0.233. The maximum Gasteiger partial charge on any atom is 0.431 e. The molecule has 0 atom stereocenters. The van der Waals surface area contributed by atoms with Crippen LogP contribution in [0.1, 0.15) is 5.69 Å². The zero-order valence-electron chi connectivity index (χ0n) is 11.6. The zero-order valence-corrected chi connectivity index (χ0v) is 12.3. The third kappa shape index (κ3) is 3.44. The van der Waals surface area contributed by atoms with Crippen molar-refractivity contribution in [3.05, 3.63) is 55.6 Å². The second kappa shape index (κ2) is 6.41. The van der Waals surface area contributed by atoms with E-state index >= 15 is 0 Å². The van der Waals surface area contributed by atoms with E-state index < -0.39 is 34.6 Å². The second-order valence-corrected chi connectivity index (χ2v) is 4.79. The number of nitrogens with one attached hydrogen (secondary N) is 1. The monoisotopic (exact) mass is 362 g/mol. The maximum atomic E-state index is 14.0. The van der Waals surface area contributed by atoms with Crippen LogP contribution in [0.2, 0.25) is 5.02 Å². The number of H-pyrrole nitrogens is 1. The van der Waals surface area contributed by atoms with E-state index in [0.717, 1.165) is 12.1 Å². The molecule has 0 bridgehead atoms. The predicted molar refractivity (Wildman–Crippen MR) is 77.0 cm³/mol. The summed E-state index contributed by atoms with van der Waals surface area (Å²) < 4.78 is 56.9. The number of rotatable bonds is 3. The summed E-state index contributed by atoms with van der Waals surface area (Å²) in [6.07, 6.45) is 0.0687. The summed E-state index contributed by atoms with van der Waals surface area (Å²) in [5.74, 6) is 0.876. The number of aromatic nitrogens is 2. The highest BCUT2D eigenvalue weighted by Crippen LogP contribution is 2.29. The highest BCUT2D eigenvalue weighted by molar-refractivity contribution is 6.32. The molecule has 1 N–H and O–H groups in total. The van der Waals surface area contributed by atoms with E-state index in [1.165, 1.54) is 4.98 Å². The van der Waals surface area contributed by atoms with E-state index in [4.69, 9.17) is 22.8 Å². The number of benzene rings is 1. The first-order valence-corrected chi connectivity index (χ1v) is 6.52. The van der Waals surface area contributed by atoms with Gasteiger partial charge in [0.2, 0.25) is 0 Å². The number of ether oxygens (including phenoxy) is 1. The Bertz CT molecular complexity index is 910. The van der Waals surface area contributed by atoms with Gasteiger partial charge < -0.3 is 9.72 Å². The quantitative estimate of drug-likeness (QED) is 0.673. The van der Waals surface area contributed by atoms with Gasteiger partial charge in [0, 0.05) is 12.1 Å². The lowest BCUT2D eigenvalue weighted by Crippen LogP contribution is -2.36. The lowest BCUT2D eigenvalue weighted by atomic mass is 10.2. The fraction of sp³-hybridized carbons (Fsp3) is 0.143. The third-order valence-electron chi connectivity index (χ3n) is 2.79. The summed E-state index contributed by atoms with van der Waals surface area (Å²) in [5, 5.41) is -0.192.